The lowest BCUT2D eigenvalue weighted by molar-refractivity contribution is -0.0565. The van der Waals surface area contributed by atoms with Gasteiger partial charge in [0.25, 0.3) is 0 Å². The van der Waals surface area contributed by atoms with Crippen LogP contribution in [0.5, 0.6) is 0 Å². The molecule has 0 spiro atoms. The molecule has 0 unspecified atom stereocenters. The van der Waals surface area contributed by atoms with Gasteiger partial charge in [-0.15, -0.1) is 16.9 Å². The summed E-state index contributed by atoms with van der Waals surface area (Å²) in [5.41, 5.74) is 1.10. The van der Waals surface area contributed by atoms with E-state index in [4.69, 9.17) is 4.74 Å². The summed E-state index contributed by atoms with van der Waals surface area (Å²) >= 11 is 1.85. The van der Waals surface area contributed by atoms with Crippen LogP contribution in [0.25, 0.3) is 0 Å². The second-order valence-corrected chi connectivity index (χ2v) is 9.10. The van der Waals surface area contributed by atoms with Crippen LogP contribution in [0.15, 0.2) is 6.20 Å². The molecule has 0 fully saturated rings. The highest BCUT2D eigenvalue weighted by Gasteiger charge is 2.30. The zero-order valence-electron chi connectivity index (χ0n) is 15.3. The minimum atomic E-state index is -0.109. The molecule has 0 aliphatic rings. The van der Waals surface area contributed by atoms with E-state index in [2.05, 4.69) is 65.0 Å². The van der Waals surface area contributed by atoms with Crippen molar-refractivity contribution in [2.24, 2.45) is 11.3 Å². The maximum absolute atomic E-state index is 6.08. The third-order valence-corrected chi connectivity index (χ3v) is 4.24. The molecule has 0 saturated carbocycles. The first kappa shape index (κ1) is 19.5. The first-order chi connectivity index (χ1) is 10.1. The Bertz CT molecular complexity index is 441. The number of hydrogen-bond acceptors (Lipinski definition) is 4. The van der Waals surface area contributed by atoms with E-state index in [1.165, 1.54) is 0 Å². The van der Waals surface area contributed by atoms with Crippen molar-refractivity contribution < 1.29 is 4.74 Å². The molecule has 0 aliphatic carbocycles. The summed E-state index contributed by atoms with van der Waals surface area (Å²) in [5, 5.41) is 8.53. The Balaban J connectivity index is 2.56. The van der Waals surface area contributed by atoms with Gasteiger partial charge in [-0.2, -0.15) is 0 Å². The largest absolute Gasteiger partial charge is 0.375 e. The van der Waals surface area contributed by atoms with E-state index in [0.29, 0.717) is 5.92 Å². The summed E-state index contributed by atoms with van der Waals surface area (Å²) in [4.78, 5) is 0. The molecule has 0 aromatic carbocycles. The fraction of sp³-hybridized carbons (Fsp3) is 0.882. The van der Waals surface area contributed by atoms with Crippen LogP contribution in [0, 0.1) is 11.3 Å². The van der Waals surface area contributed by atoms with Crippen LogP contribution in [0.2, 0.25) is 0 Å². The molecule has 0 bridgehead atoms. The fourth-order valence-corrected chi connectivity index (χ4v) is 3.31. The number of aromatic nitrogens is 3. The highest BCUT2D eigenvalue weighted by atomic mass is 32.2. The fourth-order valence-electron chi connectivity index (χ4n) is 2.82. The molecule has 1 heterocycles. The Kier molecular flexibility index (Phi) is 7.39. The quantitative estimate of drug-likeness (QED) is 0.638. The molecular formula is C17H33N3OS. The van der Waals surface area contributed by atoms with Crippen molar-refractivity contribution >= 4 is 11.8 Å². The molecule has 1 aromatic rings. The third kappa shape index (κ3) is 7.63. The van der Waals surface area contributed by atoms with Gasteiger partial charge in [-0.1, -0.05) is 39.8 Å². The highest BCUT2D eigenvalue weighted by molar-refractivity contribution is 7.98. The maximum Gasteiger partial charge on any atom is 0.0881 e. The minimum absolute atomic E-state index is 0.109. The van der Waals surface area contributed by atoms with Crippen molar-refractivity contribution in [1.82, 2.24) is 15.0 Å². The van der Waals surface area contributed by atoms with E-state index >= 15 is 0 Å². The van der Waals surface area contributed by atoms with Crippen LogP contribution in [0.4, 0.5) is 0 Å². The van der Waals surface area contributed by atoms with Crippen LogP contribution in [0.3, 0.4) is 0 Å². The van der Waals surface area contributed by atoms with Gasteiger partial charge >= 0.3 is 0 Å². The van der Waals surface area contributed by atoms with Gasteiger partial charge in [-0.25, -0.2) is 4.68 Å². The standard InChI is InChI=1S/C17H33N3OS/c1-8-22-13-20-10-15(18-19-20)9-16(4,5)12-17(6,7)21-11-14(2)3/h10,14H,8-9,11-13H2,1-7H3. The van der Waals surface area contributed by atoms with Crippen LogP contribution in [-0.4, -0.2) is 33.0 Å². The van der Waals surface area contributed by atoms with Gasteiger partial charge in [0, 0.05) is 12.8 Å². The molecular weight excluding hydrogens is 294 g/mol. The molecule has 0 radical (unpaired) electrons. The van der Waals surface area contributed by atoms with Crippen LogP contribution < -0.4 is 0 Å². The maximum atomic E-state index is 6.08. The summed E-state index contributed by atoms with van der Waals surface area (Å²) in [5.74, 6) is 2.55. The summed E-state index contributed by atoms with van der Waals surface area (Å²) in [6.07, 6.45) is 4.01. The molecule has 1 aromatic heterocycles. The molecule has 5 heteroatoms. The van der Waals surface area contributed by atoms with Crippen molar-refractivity contribution in [3.63, 3.8) is 0 Å². The first-order valence-corrected chi connectivity index (χ1v) is 9.40. The Morgan fingerprint density at radius 3 is 2.55 bits per heavy atom. The van der Waals surface area contributed by atoms with E-state index in [1.54, 1.807) is 0 Å². The number of nitrogens with zero attached hydrogens (tertiary/aromatic N) is 3. The monoisotopic (exact) mass is 327 g/mol. The zero-order chi connectivity index (χ0) is 16.8. The van der Waals surface area contributed by atoms with Gasteiger partial charge < -0.3 is 4.74 Å². The molecule has 0 aliphatic heterocycles. The Hall–Kier alpha value is -0.550. The van der Waals surface area contributed by atoms with E-state index in [1.807, 2.05) is 16.4 Å². The van der Waals surface area contributed by atoms with Crippen LogP contribution >= 0.6 is 11.8 Å². The summed E-state index contributed by atoms with van der Waals surface area (Å²) < 4.78 is 8.01. The topological polar surface area (TPSA) is 39.9 Å². The van der Waals surface area contributed by atoms with E-state index in [9.17, 15) is 0 Å². The van der Waals surface area contributed by atoms with Crippen molar-refractivity contribution in [2.45, 2.75) is 72.8 Å². The normalized spacial score (nSPS) is 13.1. The summed E-state index contributed by atoms with van der Waals surface area (Å²) in [7, 11) is 0. The number of hydrogen-bond donors (Lipinski definition) is 0. The van der Waals surface area contributed by atoms with Crippen molar-refractivity contribution in [3.8, 4) is 0 Å². The Morgan fingerprint density at radius 2 is 1.95 bits per heavy atom. The van der Waals surface area contributed by atoms with E-state index in [0.717, 1.165) is 36.8 Å². The molecule has 0 amide bonds. The highest BCUT2D eigenvalue weighted by Crippen LogP contribution is 2.33. The molecule has 22 heavy (non-hydrogen) atoms. The van der Waals surface area contributed by atoms with Gasteiger partial charge in [0.2, 0.25) is 0 Å². The molecule has 0 saturated heterocycles. The Morgan fingerprint density at radius 1 is 1.27 bits per heavy atom. The Labute approximate surface area is 140 Å². The molecule has 128 valence electrons. The zero-order valence-corrected chi connectivity index (χ0v) is 16.2. The molecule has 0 atom stereocenters. The second-order valence-electron chi connectivity index (χ2n) is 7.85. The van der Waals surface area contributed by atoms with Crippen LogP contribution in [0.1, 0.15) is 60.6 Å². The van der Waals surface area contributed by atoms with Crippen LogP contribution in [-0.2, 0) is 17.0 Å². The molecule has 1 rings (SSSR count). The number of rotatable bonds is 10. The predicted octanol–water partition coefficient (Wildman–Crippen LogP) is 4.40. The SMILES string of the molecule is CCSCn1cc(CC(C)(C)CC(C)(C)OCC(C)C)nn1. The summed E-state index contributed by atoms with van der Waals surface area (Å²) in [6, 6.07) is 0. The van der Waals surface area contributed by atoms with Crippen molar-refractivity contribution in [1.29, 1.82) is 0 Å². The molecule has 0 N–H and O–H groups in total. The number of thioether (sulfide) groups is 1. The van der Waals surface area contributed by atoms with Crippen molar-refractivity contribution in [3.05, 3.63) is 11.9 Å². The van der Waals surface area contributed by atoms with Gasteiger partial charge in [0.05, 0.1) is 17.2 Å². The van der Waals surface area contributed by atoms with E-state index in [-0.39, 0.29) is 11.0 Å². The van der Waals surface area contributed by atoms with Gasteiger partial charge in [-0.05, 0) is 43.8 Å². The first-order valence-electron chi connectivity index (χ1n) is 8.24. The lowest BCUT2D eigenvalue weighted by atomic mass is 9.78. The average molecular weight is 328 g/mol. The number of ether oxygens (including phenoxy) is 1. The molecule has 4 nitrogen and oxygen atoms in total. The minimum Gasteiger partial charge on any atom is -0.375 e. The second kappa shape index (κ2) is 8.34. The smallest absolute Gasteiger partial charge is 0.0881 e. The van der Waals surface area contributed by atoms with Gasteiger partial charge in [0.1, 0.15) is 0 Å². The third-order valence-electron chi connectivity index (χ3n) is 3.39. The lowest BCUT2D eigenvalue weighted by Gasteiger charge is -2.35. The van der Waals surface area contributed by atoms with E-state index < -0.39 is 0 Å². The van der Waals surface area contributed by atoms with Crippen molar-refractivity contribution in [2.75, 3.05) is 12.4 Å². The van der Waals surface area contributed by atoms with Gasteiger partial charge in [0.15, 0.2) is 0 Å². The predicted molar refractivity (Wildman–Crippen MR) is 95.1 cm³/mol. The lowest BCUT2D eigenvalue weighted by Crippen LogP contribution is -2.34. The summed E-state index contributed by atoms with van der Waals surface area (Å²) in [6.45, 7) is 16.3. The average Bonchev–Trinajstić information content (AvgIpc) is 2.79. The van der Waals surface area contributed by atoms with Gasteiger partial charge in [-0.3, -0.25) is 0 Å².